The highest BCUT2D eigenvalue weighted by Gasteiger charge is 2.05. The highest BCUT2D eigenvalue weighted by molar-refractivity contribution is 6.31. The molecule has 0 heterocycles. The first-order valence-corrected chi connectivity index (χ1v) is 6.44. The highest BCUT2D eigenvalue weighted by atomic mass is 35.5. The average molecular weight is 278 g/mol. The molecule has 19 heavy (non-hydrogen) atoms. The average Bonchev–Trinajstić information content (AvgIpc) is 2.42. The molecular weight excluding hydrogens is 262 g/mol. The van der Waals surface area contributed by atoms with E-state index in [0.717, 1.165) is 16.9 Å². The van der Waals surface area contributed by atoms with Gasteiger partial charge in [0.05, 0.1) is 0 Å². The first-order valence-electron chi connectivity index (χ1n) is 6.06. The van der Waals surface area contributed by atoms with Crippen molar-refractivity contribution in [2.24, 2.45) is 0 Å². The van der Waals surface area contributed by atoms with Crippen LogP contribution >= 0.6 is 11.6 Å². The molecule has 2 aromatic rings. The molecule has 0 radical (unpaired) electrons. The predicted molar refractivity (Wildman–Crippen MR) is 77.4 cm³/mol. The molecular formula is C15H16ClNO2. The summed E-state index contributed by atoms with van der Waals surface area (Å²) in [5, 5.41) is 9.65. The van der Waals surface area contributed by atoms with Gasteiger partial charge < -0.3 is 15.6 Å². The van der Waals surface area contributed by atoms with Gasteiger partial charge in [-0.25, -0.2) is 0 Å². The van der Waals surface area contributed by atoms with Crippen LogP contribution in [0.4, 0.5) is 5.69 Å². The fraction of sp³-hybridized carbons (Fsp3) is 0.200. The first kappa shape index (κ1) is 13.7. The molecule has 0 saturated carbocycles. The van der Waals surface area contributed by atoms with Crippen LogP contribution in [-0.4, -0.2) is 11.7 Å². The van der Waals surface area contributed by atoms with Gasteiger partial charge in [0, 0.05) is 22.9 Å². The van der Waals surface area contributed by atoms with Crippen LogP contribution in [0, 0.1) is 0 Å². The molecule has 0 aliphatic heterocycles. The van der Waals surface area contributed by atoms with Gasteiger partial charge in [-0.3, -0.25) is 0 Å². The molecule has 2 rings (SSSR count). The van der Waals surface area contributed by atoms with Gasteiger partial charge in [-0.15, -0.1) is 0 Å². The molecule has 0 aliphatic carbocycles. The van der Waals surface area contributed by atoms with Crippen LogP contribution in [0.3, 0.4) is 0 Å². The van der Waals surface area contributed by atoms with Crippen molar-refractivity contribution >= 4 is 17.3 Å². The fourth-order valence-corrected chi connectivity index (χ4v) is 2.00. The summed E-state index contributed by atoms with van der Waals surface area (Å²) >= 11 is 6.09. The third-order valence-corrected chi connectivity index (χ3v) is 3.18. The van der Waals surface area contributed by atoms with Crippen LogP contribution in [0.15, 0.2) is 42.5 Å². The third-order valence-electron chi connectivity index (χ3n) is 2.81. The van der Waals surface area contributed by atoms with E-state index in [-0.39, 0.29) is 6.61 Å². The van der Waals surface area contributed by atoms with Crippen molar-refractivity contribution in [3.8, 4) is 5.75 Å². The van der Waals surface area contributed by atoms with Crippen molar-refractivity contribution in [2.45, 2.75) is 13.0 Å². The second-order valence-corrected chi connectivity index (χ2v) is 4.63. The molecule has 2 aromatic carbocycles. The maximum Gasteiger partial charge on any atom is 0.123 e. The number of aliphatic hydroxyl groups is 1. The van der Waals surface area contributed by atoms with Crippen molar-refractivity contribution in [1.82, 2.24) is 0 Å². The van der Waals surface area contributed by atoms with E-state index in [2.05, 4.69) is 0 Å². The van der Waals surface area contributed by atoms with Crippen LogP contribution in [0.25, 0.3) is 0 Å². The lowest BCUT2D eigenvalue weighted by molar-refractivity contribution is 0.284. The molecule has 0 aliphatic rings. The van der Waals surface area contributed by atoms with E-state index >= 15 is 0 Å². The van der Waals surface area contributed by atoms with Gasteiger partial charge in [0.1, 0.15) is 12.4 Å². The Bertz CT molecular complexity index is 558. The second kappa shape index (κ2) is 6.45. The van der Waals surface area contributed by atoms with Crippen molar-refractivity contribution in [3.63, 3.8) is 0 Å². The van der Waals surface area contributed by atoms with Gasteiger partial charge in [-0.1, -0.05) is 29.8 Å². The molecule has 100 valence electrons. The van der Waals surface area contributed by atoms with Gasteiger partial charge in [0.2, 0.25) is 0 Å². The summed E-state index contributed by atoms with van der Waals surface area (Å²) in [7, 11) is 0. The SMILES string of the molecule is Nc1ccc(Cl)c(COc2ccccc2CCO)c1. The monoisotopic (exact) mass is 277 g/mol. The van der Waals surface area contributed by atoms with Crippen LogP contribution in [0.2, 0.25) is 5.02 Å². The summed E-state index contributed by atoms with van der Waals surface area (Å²) in [6.07, 6.45) is 0.570. The van der Waals surface area contributed by atoms with E-state index in [9.17, 15) is 0 Å². The van der Waals surface area contributed by atoms with Gasteiger partial charge in [-0.2, -0.15) is 0 Å². The lowest BCUT2D eigenvalue weighted by atomic mass is 10.1. The number of benzene rings is 2. The zero-order chi connectivity index (χ0) is 13.7. The van der Waals surface area contributed by atoms with Gasteiger partial charge in [-0.05, 0) is 36.2 Å². The summed E-state index contributed by atoms with van der Waals surface area (Å²) in [5.41, 5.74) is 8.21. The van der Waals surface area contributed by atoms with E-state index in [4.69, 9.17) is 27.2 Å². The van der Waals surface area contributed by atoms with Gasteiger partial charge in [0.15, 0.2) is 0 Å². The Kier molecular flexibility index (Phi) is 4.66. The molecule has 4 heteroatoms. The van der Waals surface area contributed by atoms with Crippen LogP contribution in [0.5, 0.6) is 5.75 Å². The normalized spacial score (nSPS) is 10.4. The van der Waals surface area contributed by atoms with Gasteiger partial charge in [0.25, 0.3) is 0 Å². The lowest BCUT2D eigenvalue weighted by Crippen LogP contribution is -2.01. The maximum absolute atomic E-state index is 9.02. The van der Waals surface area contributed by atoms with Crippen molar-refractivity contribution in [1.29, 1.82) is 0 Å². The summed E-state index contributed by atoms with van der Waals surface area (Å²) in [4.78, 5) is 0. The molecule has 0 atom stereocenters. The molecule has 0 spiro atoms. The highest BCUT2D eigenvalue weighted by Crippen LogP contribution is 2.23. The predicted octanol–water partition coefficient (Wildman–Crippen LogP) is 3.04. The Balaban J connectivity index is 2.12. The second-order valence-electron chi connectivity index (χ2n) is 4.22. The van der Waals surface area contributed by atoms with Crippen molar-refractivity contribution in [2.75, 3.05) is 12.3 Å². The number of ether oxygens (including phenoxy) is 1. The summed E-state index contributed by atoms with van der Waals surface area (Å²) in [6, 6.07) is 13.0. The molecule has 0 aromatic heterocycles. The standard InChI is InChI=1S/C15H16ClNO2/c16-14-6-5-13(17)9-12(14)10-19-15-4-2-1-3-11(15)7-8-18/h1-6,9,18H,7-8,10,17H2. The Hall–Kier alpha value is -1.71. The minimum absolute atomic E-state index is 0.0966. The number of anilines is 1. The van der Waals surface area contributed by atoms with Gasteiger partial charge >= 0.3 is 0 Å². The van der Waals surface area contributed by atoms with E-state index in [1.165, 1.54) is 0 Å². The number of nitrogens with two attached hydrogens (primary N) is 1. The summed E-state index contributed by atoms with van der Waals surface area (Å²) < 4.78 is 5.76. The number of halogens is 1. The topological polar surface area (TPSA) is 55.5 Å². The summed E-state index contributed by atoms with van der Waals surface area (Å²) in [6.45, 7) is 0.450. The van der Waals surface area contributed by atoms with E-state index < -0.39 is 0 Å². The molecule has 3 nitrogen and oxygen atoms in total. The van der Waals surface area contributed by atoms with Crippen LogP contribution < -0.4 is 10.5 Å². The first-order chi connectivity index (χ1) is 9.20. The molecule has 0 fully saturated rings. The Morgan fingerprint density at radius 3 is 2.68 bits per heavy atom. The smallest absolute Gasteiger partial charge is 0.123 e. The number of nitrogen functional groups attached to an aromatic ring is 1. The lowest BCUT2D eigenvalue weighted by Gasteiger charge is -2.12. The molecule has 0 unspecified atom stereocenters. The Labute approximate surface area is 117 Å². The zero-order valence-corrected chi connectivity index (χ0v) is 11.2. The molecule has 0 bridgehead atoms. The minimum atomic E-state index is 0.0966. The molecule has 0 saturated heterocycles. The minimum Gasteiger partial charge on any atom is -0.489 e. The number of aliphatic hydroxyl groups excluding tert-OH is 1. The summed E-state index contributed by atoms with van der Waals surface area (Å²) in [5.74, 6) is 0.759. The number of para-hydroxylation sites is 1. The Morgan fingerprint density at radius 2 is 1.89 bits per heavy atom. The largest absolute Gasteiger partial charge is 0.489 e. The Morgan fingerprint density at radius 1 is 1.11 bits per heavy atom. The van der Waals surface area contributed by atoms with Crippen LogP contribution in [0.1, 0.15) is 11.1 Å². The van der Waals surface area contributed by atoms with Crippen LogP contribution in [-0.2, 0) is 13.0 Å². The van der Waals surface area contributed by atoms with Crippen molar-refractivity contribution < 1.29 is 9.84 Å². The zero-order valence-electron chi connectivity index (χ0n) is 10.5. The quantitative estimate of drug-likeness (QED) is 0.826. The number of hydrogen-bond donors (Lipinski definition) is 2. The van der Waals surface area contributed by atoms with Crippen molar-refractivity contribution in [3.05, 3.63) is 58.6 Å². The van der Waals surface area contributed by atoms with E-state index in [1.54, 1.807) is 18.2 Å². The van der Waals surface area contributed by atoms with E-state index in [0.29, 0.717) is 23.7 Å². The maximum atomic E-state index is 9.02. The number of rotatable bonds is 5. The molecule has 0 amide bonds. The van der Waals surface area contributed by atoms with E-state index in [1.807, 2.05) is 24.3 Å². The third kappa shape index (κ3) is 3.63. The molecule has 3 N–H and O–H groups in total. The number of hydrogen-bond acceptors (Lipinski definition) is 3. The fourth-order valence-electron chi connectivity index (χ4n) is 1.83.